The molecule has 1 atom stereocenters. The summed E-state index contributed by atoms with van der Waals surface area (Å²) in [5.41, 5.74) is 1.32. The highest BCUT2D eigenvalue weighted by Crippen LogP contribution is 2.25. The third-order valence-corrected chi connectivity index (χ3v) is 4.77. The SMILES string of the molecule is CCNC(=NCC(c1ccccc1)N1CCCC1)NCCNC(=O)C(C)C.I. The molecule has 0 aromatic heterocycles. The minimum atomic E-state index is 0. The Bertz CT molecular complexity index is 588. The van der Waals surface area contributed by atoms with Crippen LogP contribution in [-0.2, 0) is 4.79 Å². The van der Waals surface area contributed by atoms with Crippen LogP contribution in [0.3, 0.4) is 0 Å². The molecule has 1 saturated heterocycles. The van der Waals surface area contributed by atoms with E-state index in [1.54, 1.807) is 0 Å². The molecule has 6 nitrogen and oxygen atoms in total. The predicted octanol–water partition coefficient (Wildman–Crippen LogP) is 2.77. The van der Waals surface area contributed by atoms with Crippen molar-refractivity contribution >= 4 is 35.8 Å². The van der Waals surface area contributed by atoms with Crippen molar-refractivity contribution in [3.63, 3.8) is 0 Å². The number of carbonyl (C=O) groups is 1. The van der Waals surface area contributed by atoms with Crippen molar-refractivity contribution in [3.8, 4) is 0 Å². The molecule has 7 heteroatoms. The maximum absolute atomic E-state index is 11.6. The van der Waals surface area contributed by atoms with E-state index in [1.807, 2.05) is 13.8 Å². The van der Waals surface area contributed by atoms with Crippen LogP contribution in [0.5, 0.6) is 0 Å². The van der Waals surface area contributed by atoms with Crippen LogP contribution in [0.4, 0.5) is 0 Å². The largest absolute Gasteiger partial charge is 0.357 e. The molecule has 1 unspecified atom stereocenters. The number of aliphatic imine (C=N–C) groups is 1. The number of guanidine groups is 1. The van der Waals surface area contributed by atoms with Gasteiger partial charge < -0.3 is 16.0 Å². The van der Waals surface area contributed by atoms with Crippen molar-refractivity contribution in [2.75, 3.05) is 39.3 Å². The fourth-order valence-electron chi connectivity index (χ4n) is 3.25. The molecule has 0 spiro atoms. The van der Waals surface area contributed by atoms with Crippen LogP contribution in [-0.4, -0.2) is 56.0 Å². The van der Waals surface area contributed by atoms with E-state index >= 15 is 0 Å². The van der Waals surface area contributed by atoms with Gasteiger partial charge in [0.05, 0.1) is 12.6 Å². The first kappa shape index (κ1) is 24.7. The second kappa shape index (κ2) is 13.8. The van der Waals surface area contributed by atoms with Crippen LogP contribution in [0.2, 0.25) is 0 Å². The second-order valence-electron chi connectivity index (χ2n) is 7.26. The highest BCUT2D eigenvalue weighted by Gasteiger charge is 2.23. The van der Waals surface area contributed by atoms with Gasteiger partial charge in [0, 0.05) is 25.6 Å². The van der Waals surface area contributed by atoms with Crippen LogP contribution < -0.4 is 16.0 Å². The normalized spacial score (nSPS) is 15.8. The maximum Gasteiger partial charge on any atom is 0.222 e. The van der Waals surface area contributed by atoms with Gasteiger partial charge in [-0.05, 0) is 38.4 Å². The standard InChI is InChI=1S/C21H35N5O.HI/c1-4-22-21(24-13-12-23-20(27)17(2)3)25-16-19(26-14-8-9-15-26)18-10-6-5-7-11-18;/h5-7,10-11,17,19H,4,8-9,12-16H2,1-3H3,(H,23,27)(H2,22,24,25);1H. The van der Waals surface area contributed by atoms with Gasteiger partial charge in [0.25, 0.3) is 0 Å². The van der Waals surface area contributed by atoms with E-state index in [0.717, 1.165) is 32.1 Å². The molecular formula is C21H36IN5O. The zero-order valence-corrected chi connectivity index (χ0v) is 19.7. The van der Waals surface area contributed by atoms with Crippen molar-refractivity contribution in [1.29, 1.82) is 0 Å². The van der Waals surface area contributed by atoms with Crippen molar-refractivity contribution < 1.29 is 4.79 Å². The molecule has 1 fully saturated rings. The lowest BCUT2D eigenvalue weighted by Gasteiger charge is -2.27. The summed E-state index contributed by atoms with van der Waals surface area (Å²) in [4.78, 5) is 19.0. The highest BCUT2D eigenvalue weighted by molar-refractivity contribution is 14.0. The maximum atomic E-state index is 11.6. The van der Waals surface area contributed by atoms with Crippen molar-refractivity contribution in [1.82, 2.24) is 20.9 Å². The molecule has 3 N–H and O–H groups in total. The molecule has 1 aromatic rings. The zero-order chi connectivity index (χ0) is 19.5. The first-order valence-corrected chi connectivity index (χ1v) is 10.2. The van der Waals surface area contributed by atoms with Gasteiger partial charge in [0.15, 0.2) is 5.96 Å². The fourth-order valence-corrected chi connectivity index (χ4v) is 3.25. The number of amides is 1. The van der Waals surface area contributed by atoms with Gasteiger partial charge in [0.2, 0.25) is 5.91 Å². The number of nitrogens with zero attached hydrogens (tertiary/aromatic N) is 2. The van der Waals surface area contributed by atoms with Crippen LogP contribution in [0.1, 0.15) is 45.2 Å². The molecule has 0 aliphatic carbocycles. The number of likely N-dealkylation sites (tertiary alicyclic amines) is 1. The molecule has 1 aliphatic heterocycles. The Balaban J connectivity index is 0.00000392. The summed E-state index contributed by atoms with van der Waals surface area (Å²) in [6, 6.07) is 11.0. The monoisotopic (exact) mass is 501 g/mol. The first-order valence-electron chi connectivity index (χ1n) is 10.2. The van der Waals surface area contributed by atoms with E-state index in [0.29, 0.717) is 19.1 Å². The summed E-state index contributed by atoms with van der Waals surface area (Å²) in [7, 11) is 0. The average molecular weight is 501 g/mol. The molecule has 28 heavy (non-hydrogen) atoms. The lowest BCUT2D eigenvalue weighted by Crippen LogP contribution is -2.42. The zero-order valence-electron chi connectivity index (χ0n) is 17.4. The smallest absolute Gasteiger partial charge is 0.222 e. The Morgan fingerprint density at radius 1 is 1.07 bits per heavy atom. The van der Waals surface area contributed by atoms with E-state index in [9.17, 15) is 4.79 Å². The Hall–Kier alpha value is -1.35. The summed E-state index contributed by atoms with van der Waals surface area (Å²) in [6.07, 6.45) is 2.53. The molecular weight excluding hydrogens is 465 g/mol. The van der Waals surface area contributed by atoms with Crippen LogP contribution in [0.25, 0.3) is 0 Å². The summed E-state index contributed by atoms with van der Waals surface area (Å²) in [6.45, 7) is 10.9. The Morgan fingerprint density at radius 3 is 2.32 bits per heavy atom. The number of benzene rings is 1. The first-order chi connectivity index (χ1) is 13.1. The molecule has 0 bridgehead atoms. The molecule has 1 aromatic carbocycles. The summed E-state index contributed by atoms with van der Waals surface area (Å²) in [5.74, 6) is 0.896. The fraction of sp³-hybridized carbons (Fsp3) is 0.619. The van der Waals surface area contributed by atoms with Gasteiger partial charge in [-0.15, -0.1) is 24.0 Å². The minimum absolute atomic E-state index is 0. The van der Waals surface area contributed by atoms with Gasteiger partial charge >= 0.3 is 0 Å². The number of halogens is 1. The van der Waals surface area contributed by atoms with Crippen LogP contribution >= 0.6 is 24.0 Å². The highest BCUT2D eigenvalue weighted by atomic mass is 127. The molecule has 0 saturated carbocycles. The van der Waals surface area contributed by atoms with Crippen molar-refractivity contribution in [2.24, 2.45) is 10.9 Å². The van der Waals surface area contributed by atoms with Gasteiger partial charge in [-0.25, -0.2) is 0 Å². The Kier molecular flexibility index (Phi) is 12.1. The van der Waals surface area contributed by atoms with Crippen molar-refractivity contribution in [2.45, 2.75) is 39.7 Å². The topological polar surface area (TPSA) is 68.8 Å². The lowest BCUT2D eigenvalue weighted by atomic mass is 10.1. The summed E-state index contributed by atoms with van der Waals surface area (Å²) < 4.78 is 0. The number of nitrogens with one attached hydrogen (secondary N) is 3. The van der Waals surface area contributed by atoms with Gasteiger partial charge in [-0.2, -0.15) is 0 Å². The predicted molar refractivity (Wildman–Crippen MR) is 127 cm³/mol. The van der Waals surface area contributed by atoms with E-state index in [4.69, 9.17) is 4.99 Å². The third kappa shape index (κ3) is 8.34. The quantitative estimate of drug-likeness (QED) is 0.211. The number of carbonyl (C=O) groups excluding carboxylic acids is 1. The van der Waals surface area contributed by atoms with E-state index in [1.165, 1.54) is 18.4 Å². The average Bonchev–Trinajstić information content (AvgIpc) is 3.20. The second-order valence-corrected chi connectivity index (χ2v) is 7.26. The molecule has 158 valence electrons. The minimum Gasteiger partial charge on any atom is -0.357 e. The van der Waals surface area contributed by atoms with E-state index < -0.39 is 0 Å². The van der Waals surface area contributed by atoms with Gasteiger partial charge in [-0.3, -0.25) is 14.7 Å². The number of hydrogen-bond donors (Lipinski definition) is 3. The van der Waals surface area contributed by atoms with Crippen LogP contribution in [0, 0.1) is 5.92 Å². The molecule has 0 radical (unpaired) electrons. The Labute approximate surface area is 187 Å². The molecule has 1 heterocycles. The van der Waals surface area contributed by atoms with Crippen LogP contribution in [0.15, 0.2) is 35.3 Å². The van der Waals surface area contributed by atoms with Gasteiger partial charge in [-0.1, -0.05) is 44.2 Å². The van der Waals surface area contributed by atoms with Crippen molar-refractivity contribution in [3.05, 3.63) is 35.9 Å². The third-order valence-electron chi connectivity index (χ3n) is 4.77. The molecule has 1 aliphatic rings. The van der Waals surface area contributed by atoms with E-state index in [2.05, 4.69) is 58.1 Å². The summed E-state index contributed by atoms with van der Waals surface area (Å²) >= 11 is 0. The number of hydrogen-bond acceptors (Lipinski definition) is 3. The lowest BCUT2D eigenvalue weighted by molar-refractivity contribution is -0.123. The molecule has 1 amide bonds. The Morgan fingerprint density at radius 2 is 1.71 bits per heavy atom. The number of rotatable bonds is 9. The summed E-state index contributed by atoms with van der Waals surface area (Å²) in [5, 5.41) is 9.54. The van der Waals surface area contributed by atoms with E-state index in [-0.39, 0.29) is 35.8 Å². The molecule has 2 rings (SSSR count). The van der Waals surface area contributed by atoms with Gasteiger partial charge in [0.1, 0.15) is 0 Å².